The average molecular weight is 379 g/mol. The summed E-state index contributed by atoms with van der Waals surface area (Å²) in [6.45, 7) is 0. The number of Topliss-reactive ketones (excluding diaryl/α,β-unsaturated/α-hetero) is 1. The number of fused-ring (bicyclic) bond motifs is 1. The maximum absolute atomic E-state index is 13.0. The predicted octanol–water partition coefficient (Wildman–Crippen LogP) is 3.81. The molecule has 0 spiro atoms. The van der Waals surface area contributed by atoms with Crippen LogP contribution in [0, 0.1) is 11.3 Å². The van der Waals surface area contributed by atoms with Gasteiger partial charge in [-0.15, -0.1) is 0 Å². The number of rotatable bonds is 5. The van der Waals surface area contributed by atoms with Crippen molar-refractivity contribution >= 4 is 11.9 Å². The summed E-state index contributed by atoms with van der Waals surface area (Å²) in [6, 6.07) is 9.14. The zero-order valence-corrected chi connectivity index (χ0v) is 16.3. The first kappa shape index (κ1) is 19.3. The number of carbonyl (C=O) groups is 1. The Hall–Kier alpha value is -3.46. The maximum Gasteiger partial charge on any atom is 0.203 e. The zero-order valence-electron chi connectivity index (χ0n) is 16.3. The molecule has 6 heteroatoms. The molecule has 1 aliphatic carbocycles. The normalized spacial score (nSPS) is 14.2. The van der Waals surface area contributed by atoms with Crippen molar-refractivity contribution in [2.45, 2.75) is 12.8 Å². The van der Waals surface area contributed by atoms with Crippen LogP contribution in [0.25, 0.3) is 6.08 Å². The molecule has 144 valence electrons. The Morgan fingerprint density at radius 1 is 0.929 bits per heavy atom. The SMILES string of the molecule is COc1ccc2c(c1C#N)CC/C(=C\c1cc(OC)c(OC)c(OC)c1)C2=O. The molecular formula is C22H21NO5. The Balaban J connectivity index is 2.05. The molecule has 0 aromatic heterocycles. The quantitative estimate of drug-likeness (QED) is 0.735. The molecule has 3 rings (SSSR count). The molecule has 28 heavy (non-hydrogen) atoms. The Morgan fingerprint density at radius 3 is 2.11 bits per heavy atom. The summed E-state index contributed by atoms with van der Waals surface area (Å²) < 4.78 is 21.3. The van der Waals surface area contributed by atoms with Gasteiger partial charge in [-0.1, -0.05) is 0 Å². The second kappa shape index (κ2) is 8.05. The van der Waals surface area contributed by atoms with E-state index < -0.39 is 0 Å². The van der Waals surface area contributed by atoms with Gasteiger partial charge in [0.15, 0.2) is 17.3 Å². The Morgan fingerprint density at radius 2 is 1.57 bits per heavy atom. The van der Waals surface area contributed by atoms with E-state index in [1.807, 2.05) is 6.08 Å². The number of nitriles is 1. The standard InChI is InChI=1S/C22H21NO5/c1-25-18-8-7-16-15(17(18)12-23)6-5-14(21(16)24)9-13-10-19(26-2)22(28-4)20(11-13)27-3/h7-11H,5-6H2,1-4H3/b14-9+. The van der Waals surface area contributed by atoms with Crippen LogP contribution in [-0.4, -0.2) is 34.2 Å². The third kappa shape index (κ3) is 3.27. The molecule has 0 fully saturated rings. The number of carbonyl (C=O) groups excluding carboxylic acids is 1. The Labute approximate surface area is 163 Å². The summed E-state index contributed by atoms with van der Waals surface area (Å²) in [4.78, 5) is 13.0. The van der Waals surface area contributed by atoms with Crippen LogP contribution in [0.1, 0.15) is 33.5 Å². The summed E-state index contributed by atoms with van der Waals surface area (Å²) in [5.41, 5.74) is 3.16. The van der Waals surface area contributed by atoms with Crippen molar-refractivity contribution in [1.82, 2.24) is 0 Å². The molecule has 6 nitrogen and oxygen atoms in total. The van der Waals surface area contributed by atoms with E-state index in [1.165, 1.54) is 7.11 Å². The topological polar surface area (TPSA) is 77.8 Å². The van der Waals surface area contributed by atoms with Gasteiger partial charge in [0.1, 0.15) is 11.8 Å². The average Bonchev–Trinajstić information content (AvgIpc) is 2.73. The summed E-state index contributed by atoms with van der Waals surface area (Å²) in [5.74, 6) is 1.95. The molecular weight excluding hydrogens is 358 g/mol. The van der Waals surface area contributed by atoms with E-state index in [0.717, 1.165) is 11.1 Å². The van der Waals surface area contributed by atoms with Gasteiger partial charge in [0.2, 0.25) is 5.75 Å². The van der Waals surface area contributed by atoms with Crippen molar-refractivity contribution < 1.29 is 23.7 Å². The van der Waals surface area contributed by atoms with Crippen LogP contribution in [-0.2, 0) is 6.42 Å². The minimum absolute atomic E-state index is 0.0887. The van der Waals surface area contributed by atoms with Gasteiger partial charge in [-0.3, -0.25) is 4.79 Å². The molecule has 0 unspecified atom stereocenters. The van der Waals surface area contributed by atoms with Crippen molar-refractivity contribution in [2.75, 3.05) is 28.4 Å². The fourth-order valence-corrected chi connectivity index (χ4v) is 3.46. The van der Waals surface area contributed by atoms with Crippen LogP contribution in [0.15, 0.2) is 29.8 Å². The van der Waals surface area contributed by atoms with E-state index in [-0.39, 0.29) is 5.78 Å². The lowest BCUT2D eigenvalue weighted by Crippen LogP contribution is -2.16. The van der Waals surface area contributed by atoms with Crippen molar-refractivity contribution in [1.29, 1.82) is 5.26 Å². The third-order valence-electron chi connectivity index (χ3n) is 4.81. The van der Waals surface area contributed by atoms with Gasteiger partial charge in [0, 0.05) is 11.1 Å². The molecule has 0 atom stereocenters. The molecule has 0 N–H and O–H groups in total. The zero-order chi connectivity index (χ0) is 20.3. The largest absolute Gasteiger partial charge is 0.495 e. The van der Waals surface area contributed by atoms with Crippen LogP contribution < -0.4 is 18.9 Å². The van der Waals surface area contributed by atoms with Crippen molar-refractivity contribution in [2.24, 2.45) is 0 Å². The van der Waals surface area contributed by atoms with Crippen molar-refractivity contribution in [3.63, 3.8) is 0 Å². The van der Waals surface area contributed by atoms with Crippen LogP contribution in [0.3, 0.4) is 0 Å². The van der Waals surface area contributed by atoms with E-state index in [0.29, 0.717) is 52.5 Å². The van der Waals surface area contributed by atoms with Gasteiger partial charge in [-0.25, -0.2) is 0 Å². The highest BCUT2D eigenvalue weighted by atomic mass is 16.5. The van der Waals surface area contributed by atoms with E-state index in [2.05, 4.69) is 6.07 Å². The highest BCUT2D eigenvalue weighted by molar-refractivity contribution is 6.13. The van der Waals surface area contributed by atoms with Crippen molar-refractivity contribution in [3.8, 4) is 29.1 Å². The van der Waals surface area contributed by atoms with E-state index in [4.69, 9.17) is 18.9 Å². The first-order valence-corrected chi connectivity index (χ1v) is 8.73. The number of methoxy groups -OCH3 is 4. The lowest BCUT2D eigenvalue weighted by atomic mass is 9.83. The summed E-state index contributed by atoms with van der Waals surface area (Å²) in [5, 5.41) is 9.46. The van der Waals surface area contributed by atoms with Gasteiger partial charge < -0.3 is 18.9 Å². The fourth-order valence-electron chi connectivity index (χ4n) is 3.46. The summed E-state index contributed by atoms with van der Waals surface area (Å²) in [7, 11) is 6.16. The first-order chi connectivity index (χ1) is 13.6. The van der Waals surface area contributed by atoms with E-state index >= 15 is 0 Å². The number of ketones is 1. The van der Waals surface area contributed by atoms with E-state index in [9.17, 15) is 10.1 Å². The number of allylic oxidation sites excluding steroid dienone is 1. The smallest absolute Gasteiger partial charge is 0.203 e. The molecule has 2 aromatic carbocycles. The van der Waals surface area contributed by atoms with Gasteiger partial charge >= 0.3 is 0 Å². The lowest BCUT2D eigenvalue weighted by molar-refractivity contribution is 0.102. The highest BCUT2D eigenvalue weighted by Crippen LogP contribution is 2.39. The monoisotopic (exact) mass is 379 g/mol. The highest BCUT2D eigenvalue weighted by Gasteiger charge is 2.26. The summed E-state index contributed by atoms with van der Waals surface area (Å²) >= 11 is 0. The van der Waals surface area contributed by atoms with Gasteiger partial charge in [-0.05, 0) is 54.3 Å². The molecule has 0 amide bonds. The Kier molecular flexibility index (Phi) is 5.55. The Bertz CT molecular complexity index is 976. The third-order valence-corrected chi connectivity index (χ3v) is 4.81. The molecule has 0 saturated heterocycles. The number of ether oxygens (including phenoxy) is 4. The minimum Gasteiger partial charge on any atom is -0.495 e. The predicted molar refractivity (Wildman–Crippen MR) is 104 cm³/mol. The number of benzene rings is 2. The lowest BCUT2D eigenvalue weighted by Gasteiger charge is -2.20. The molecule has 0 radical (unpaired) electrons. The second-order valence-electron chi connectivity index (χ2n) is 6.24. The fraction of sp³-hybridized carbons (Fsp3) is 0.273. The van der Waals surface area contributed by atoms with Gasteiger partial charge in [-0.2, -0.15) is 5.26 Å². The molecule has 0 bridgehead atoms. The molecule has 0 heterocycles. The first-order valence-electron chi connectivity index (χ1n) is 8.73. The number of hydrogen-bond donors (Lipinski definition) is 0. The van der Waals surface area contributed by atoms with Crippen LogP contribution in [0.2, 0.25) is 0 Å². The van der Waals surface area contributed by atoms with Crippen LogP contribution in [0.4, 0.5) is 0 Å². The van der Waals surface area contributed by atoms with Crippen molar-refractivity contribution in [3.05, 3.63) is 52.1 Å². The maximum atomic E-state index is 13.0. The number of nitrogens with zero attached hydrogens (tertiary/aromatic N) is 1. The molecule has 0 saturated carbocycles. The number of hydrogen-bond acceptors (Lipinski definition) is 6. The van der Waals surface area contributed by atoms with Crippen LogP contribution in [0.5, 0.6) is 23.0 Å². The van der Waals surface area contributed by atoms with Gasteiger partial charge in [0.05, 0.1) is 34.0 Å². The van der Waals surface area contributed by atoms with Crippen LogP contribution >= 0.6 is 0 Å². The second-order valence-corrected chi connectivity index (χ2v) is 6.24. The minimum atomic E-state index is -0.0887. The molecule has 1 aliphatic rings. The summed E-state index contributed by atoms with van der Waals surface area (Å²) in [6.07, 6.45) is 2.95. The molecule has 2 aromatic rings. The van der Waals surface area contributed by atoms with E-state index in [1.54, 1.807) is 45.6 Å². The molecule has 0 aliphatic heterocycles. The van der Waals surface area contributed by atoms with Gasteiger partial charge in [0.25, 0.3) is 0 Å².